The van der Waals surface area contributed by atoms with Crippen molar-refractivity contribution in [1.82, 2.24) is 14.3 Å². The van der Waals surface area contributed by atoms with Crippen molar-refractivity contribution in [3.05, 3.63) is 73.6 Å². The zero-order chi connectivity index (χ0) is 23.7. The summed E-state index contributed by atoms with van der Waals surface area (Å²) in [4.78, 5) is 31.5. The molecule has 0 saturated heterocycles. The Kier molecular flexibility index (Phi) is 6.35. The fraction of sp³-hybridized carbons (Fsp3) is 0.174. The Morgan fingerprint density at radius 1 is 1.33 bits per heavy atom. The van der Waals surface area contributed by atoms with Crippen LogP contribution in [0.4, 0.5) is 4.39 Å². The molecule has 0 aliphatic carbocycles. The van der Waals surface area contributed by atoms with Crippen molar-refractivity contribution in [2.45, 2.75) is 0 Å². The second-order valence-corrected chi connectivity index (χ2v) is 8.66. The summed E-state index contributed by atoms with van der Waals surface area (Å²) in [5.74, 6) is -0.216. The molecule has 0 saturated carbocycles. The highest BCUT2D eigenvalue weighted by atomic mass is 35.5. The minimum Gasteiger partial charge on any atom is -0.503 e. The maximum Gasteiger partial charge on any atom is 0.274 e. The third-order valence-electron chi connectivity index (χ3n) is 5.07. The topological polar surface area (TPSA) is 84.1 Å². The average Bonchev–Trinajstić information content (AvgIpc) is 3.35. The van der Waals surface area contributed by atoms with Gasteiger partial charge in [0.2, 0.25) is 0 Å². The Morgan fingerprint density at radius 3 is 2.70 bits per heavy atom. The van der Waals surface area contributed by atoms with E-state index in [4.69, 9.17) is 16.3 Å². The molecule has 2 aromatic heterocycles. The van der Waals surface area contributed by atoms with E-state index < -0.39 is 6.67 Å². The molecule has 4 rings (SSSR count). The number of carbonyl (C=O) groups excluding carboxylic acids is 1. The van der Waals surface area contributed by atoms with Gasteiger partial charge in [-0.05, 0) is 35.9 Å². The lowest BCUT2D eigenvalue weighted by Gasteiger charge is -2.15. The number of aromatic hydroxyl groups is 1. The molecule has 1 N–H and O–H groups in total. The number of fused-ring (bicyclic) bond motifs is 1. The van der Waals surface area contributed by atoms with E-state index in [2.05, 4.69) is 4.98 Å². The Labute approximate surface area is 196 Å². The number of hydrogen-bond acceptors (Lipinski definition) is 6. The highest BCUT2D eigenvalue weighted by molar-refractivity contribution is 7.15. The van der Waals surface area contributed by atoms with Crippen molar-refractivity contribution >= 4 is 39.9 Å². The van der Waals surface area contributed by atoms with Crippen molar-refractivity contribution < 1.29 is 19.0 Å². The fourth-order valence-electron chi connectivity index (χ4n) is 3.29. The van der Waals surface area contributed by atoms with E-state index in [1.165, 1.54) is 27.7 Å². The smallest absolute Gasteiger partial charge is 0.274 e. The second-order valence-electron chi connectivity index (χ2n) is 7.24. The Bertz CT molecular complexity index is 1450. The van der Waals surface area contributed by atoms with Gasteiger partial charge in [0.1, 0.15) is 6.67 Å². The fourth-order valence-corrected chi connectivity index (χ4v) is 4.46. The summed E-state index contributed by atoms with van der Waals surface area (Å²) in [5.41, 5.74) is 2.15. The molecule has 0 radical (unpaired) electrons. The van der Waals surface area contributed by atoms with E-state index in [1.54, 1.807) is 55.7 Å². The molecular weight excluding hydrogens is 469 g/mol. The number of alkyl halides is 1. The Morgan fingerprint density at radius 2 is 2.06 bits per heavy atom. The van der Waals surface area contributed by atoms with E-state index in [9.17, 15) is 19.1 Å². The lowest BCUT2D eigenvalue weighted by molar-refractivity contribution is 0.0786. The van der Waals surface area contributed by atoms with Crippen LogP contribution in [0.1, 0.15) is 15.9 Å². The molecule has 2 heterocycles. The number of benzene rings is 2. The highest BCUT2D eigenvalue weighted by Gasteiger charge is 2.14. The average molecular weight is 488 g/mol. The van der Waals surface area contributed by atoms with Crippen molar-refractivity contribution in [2.75, 3.05) is 27.4 Å². The molecule has 1 amide bonds. The molecule has 7 nitrogen and oxygen atoms in total. The predicted molar refractivity (Wildman–Crippen MR) is 126 cm³/mol. The molecule has 0 atom stereocenters. The first-order chi connectivity index (χ1) is 15.8. The van der Waals surface area contributed by atoms with Gasteiger partial charge in [-0.15, -0.1) is 0 Å². The number of phenols is 1. The summed E-state index contributed by atoms with van der Waals surface area (Å²) >= 11 is 7.25. The molecule has 2 aromatic carbocycles. The van der Waals surface area contributed by atoms with Crippen molar-refractivity contribution in [1.29, 1.82) is 0 Å². The van der Waals surface area contributed by atoms with E-state index >= 15 is 0 Å². The maximum absolute atomic E-state index is 12.9. The Balaban J connectivity index is 1.65. The lowest BCUT2D eigenvalue weighted by atomic mass is 10.1. The number of halogens is 2. The molecule has 0 aliphatic heterocycles. The van der Waals surface area contributed by atoms with E-state index in [-0.39, 0.29) is 34.5 Å². The van der Waals surface area contributed by atoms with Crippen LogP contribution in [0.25, 0.3) is 22.3 Å². The number of carbonyl (C=O) groups is 1. The van der Waals surface area contributed by atoms with Crippen LogP contribution in [0.2, 0.25) is 5.02 Å². The molecular formula is C23H19ClFN3O4S. The van der Waals surface area contributed by atoms with E-state index in [1.807, 2.05) is 0 Å². The van der Waals surface area contributed by atoms with Crippen LogP contribution >= 0.6 is 22.9 Å². The minimum absolute atomic E-state index is 0.0344. The zero-order valence-electron chi connectivity index (χ0n) is 17.7. The predicted octanol–water partition coefficient (Wildman–Crippen LogP) is 3.38. The quantitative estimate of drug-likeness (QED) is 0.451. The first-order valence-corrected chi connectivity index (χ1v) is 11.0. The minimum atomic E-state index is -0.601. The van der Waals surface area contributed by atoms with Crippen LogP contribution in [0.3, 0.4) is 0 Å². The van der Waals surface area contributed by atoms with Crippen LogP contribution in [0.15, 0.2) is 47.4 Å². The summed E-state index contributed by atoms with van der Waals surface area (Å²) in [6.45, 7) is -0.567. The van der Waals surface area contributed by atoms with Crippen LogP contribution in [-0.2, 0) is 0 Å². The number of aromatic nitrogens is 2. The van der Waals surface area contributed by atoms with Crippen molar-refractivity contribution in [3.8, 4) is 22.8 Å². The van der Waals surface area contributed by atoms with Gasteiger partial charge in [-0.3, -0.25) is 14.0 Å². The standard InChI is InChI=1S/C23H19ClFN3O4S/c1-27(8-7-25)21(30)15-5-3-14(4-6-15)17-12-28-22(31)19(33-23(28)26-17)11-13-9-16(24)20(29)18(10-13)32-2/h3-6,9-12,29H,7-8H2,1-2H3. The van der Waals surface area contributed by atoms with Gasteiger partial charge in [0.05, 0.1) is 22.4 Å². The zero-order valence-corrected chi connectivity index (χ0v) is 19.3. The largest absolute Gasteiger partial charge is 0.503 e. The van der Waals surface area contributed by atoms with Crippen molar-refractivity contribution in [3.63, 3.8) is 0 Å². The van der Waals surface area contributed by atoms with Gasteiger partial charge < -0.3 is 14.7 Å². The molecule has 170 valence electrons. The number of phenolic OH excluding ortho intramolecular Hbond substituents is 1. The number of rotatable bonds is 6. The lowest BCUT2D eigenvalue weighted by Crippen LogP contribution is -2.28. The van der Waals surface area contributed by atoms with Gasteiger partial charge in [-0.25, -0.2) is 9.37 Å². The second kappa shape index (κ2) is 9.21. The molecule has 10 heteroatoms. The van der Waals surface area contributed by atoms with Crippen LogP contribution in [-0.4, -0.2) is 52.7 Å². The Hall–Kier alpha value is -3.43. The van der Waals surface area contributed by atoms with Crippen LogP contribution < -0.4 is 14.8 Å². The number of thiazole rings is 1. The number of ether oxygens (including phenoxy) is 1. The molecule has 0 unspecified atom stereocenters. The third kappa shape index (κ3) is 4.42. The monoisotopic (exact) mass is 487 g/mol. The first-order valence-electron chi connectivity index (χ1n) is 9.84. The molecule has 0 aliphatic rings. The van der Waals surface area contributed by atoms with Gasteiger partial charge in [0.15, 0.2) is 16.5 Å². The van der Waals surface area contributed by atoms with Gasteiger partial charge in [0, 0.05) is 30.9 Å². The third-order valence-corrected chi connectivity index (χ3v) is 6.34. The number of imidazole rings is 1. The van der Waals surface area contributed by atoms with E-state index in [0.717, 1.165) is 5.56 Å². The summed E-state index contributed by atoms with van der Waals surface area (Å²) < 4.78 is 19.5. The van der Waals surface area contributed by atoms with Crippen LogP contribution in [0.5, 0.6) is 11.5 Å². The normalized spacial score (nSPS) is 11.8. The molecule has 0 fully saturated rings. The molecule has 0 spiro atoms. The van der Waals surface area contributed by atoms with Gasteiger partial charge >= 0.3 is 0 Å². The van der Waals surface area contributed by atoms with Crippen molar-refractivity contribution in [2.24, 2.45) is 0 Å². The molecule has 4 aromatic rings. The first kappa shape index (κ1) is 22.8. The highest BCUT2D eigenvalue weighted by Crippen LogP contribution is 2.35. The van der Waals surface area contributed by atoms with Gasteiger partial charge in [-0.2, -0.15) is 0 Å². The summed E-state index contributed by atoms with van der Waals surface area (Å²) in [6.07, 6.45) is 3.30. The molecule has 33 heavy (non-hydrogen) atoms. The molecule has 0 bridgehead atoms. The summed E-state index contributed by atoms with van der Waals surface area (Å²) in [5, 5.41) is 10.0. The SMILES string of the molecule is COc1cc(C=c2sc3nc(-c4ccc(C(=O)N(C)CCF)cc4)cn3c2=O)cc(Cl)c1O. The van der Waals surface area contributed by atoms with E-state index in [0.29, 0.717) is 26.3 Å². The number of nitrogens with zero attached hydrogens (tertiary/aromatic N) is 3. The number of methoxy groups -OCH3 is 1. The van der Waals surface area contributed by atoms with Gasteiger partial charge in [0.25, 0.3) is 11.5 Å². The summed E-state index contributed by atoms with van der Waals surface area (Å²) in [7, 11) is 2.96. The van der Waals surface area contributed by atoms with Crippen LogP contribution in [0, 0.1) is 0 Å². The number of amides is 1. The summed E-state index contributed by atoms with van der Waals surface area (Å²) in [6, 6.07) is 9.91. The van der Waals surface area contributed by atoms with Gasteiger partial charge in [-0.1, -0.05) is 35.1 Å². The number of hydrogen-bond donors (Lipinski definition) is 1. The maximum atomic E-state index is 12.9.